The van der Waals surface area contributed by atoms with Crippen molar-refractivity contribution < 1.29 is 8.42 Å². The summed E-state index contributed by atoms with van der Waals surface area (Å²) in [6, 6.07) is 8.25. The minimum atomic E-state index is -3.69. The molecule has 5 nitrogen and oxygen atoms in total. The topological polar surface area (TPSA) is 96.0 Å². The van der Waals surface area contributed by atoms with Crippen LogP contribution in [-0.2, 0) is 10.0 Å². The van der Waals surface area contributed by atoms with Crippen LogP contribution in [-0.4, -0.2) is 8.42 Å². The number of anilines is 2. The molecule has 0 saturated heterocycles. The van der Waals surface area contributed by atoms with Crippen molar-refractivity contribution in [2.75, 3.05) is 10.5 Å². The predicted molar refractivity (Wildman–Crippen MR) is 80.2 cm³/mol. The van der Waals surface area contributed by atoms with Crippen LogP contribution in [0.4, 0.5) is 11.4 Å². The number of nitriles is 1. The standard InChI is InChI=1S/C13H13N3O2S2/c1-8-3-5-11(9(2)13(8)15)16-20(17,18)12-6-4-10(7-14)19-12/h3-6,16H,15H2,1-2H3. The van der Waals surface area contributed by atoms with Gasteiger partial charge in [-0.05, 0) is 43.2 Å². The lowest BCUT2D eigenvalue weighted by molar-refractivity contribution is 0.603. The minimum Gasteiger partial charge on any atom is -0.398 e. The van der Waals surface area contributed by atoms with Crippen LogP contribution in [0, 0.1) is 25.2 Å². The number of thiophene rings is 1. The summed E-state index contributed by atoms with van der Waals surface area (Å²) in [6.45, 7) is 3.62. The molecule has 20 heavy (non-hydrogen) atoms. The van der Waals surface area contributed by atoms with Gasteiger partial charge < -0.3 is 5.73 Å². The molecule has 0 radical (unpaired) electrons. The molecule has 0 atom stereocenters. The number of nitrogens with two attached hydrogens (primary N) is 1. The van der Waals surface area contributed by atoms with E-state index in [2.05, 4.69) is 4.72 Å². The maximum absolute atomic E-state index is 12.2. The van der Waals surface area contributed by atoms with Crippen LogP contribution >= 0.6 is 11.3 Å². The first-order chi connectivity index (χ1) is 9.35. The van der Waals surface area contributed by atoms with E-state index in [1.165, 1.54) is 12.1 Å². The van der Waals surface area contributed by atoms with Gasteiger partial charge in [0.05, 0.1) is 5.69 Å². The Morgan fingerprint density at radius 2 is 1.95 bits per heavy atom. The molecule has 0 saturated carbocycles. The number of aryl methyl sites for hydroxylation is 1. The van der Waals surface area contributed by atoms with Gasteiger partial charge in [0, 0.05) is 5.69 Å². The van der Waals surface area contributed by atoms with E-state index >= 15 is 0 Å². The summed E-state index contributed by atoms with van der Waals surface area (Å²) < 4.78 is 27.1. The summed E-state index contributed by atoms with van der Waals surface area (Å²) in [5, 5.41) is 8.75. The first kappa shape index (κ1) is 14.4. The molecule has 0 spiro atoms. The van der Waals surface area contributed by atoms with Gasteiger partial charge in [-0.15, -0.1) is 11.3 Å². The third-order valence-corrected chi connectivity index (χ3v) is 5.78. The Bertz CT molecular complexity index is 802. The highest BCUT2D eigenvalue weighted by atomic mass is 32.2. The Kier molecular flexibility index (Phi) is 3.70. The Hall–Kier alpha value is -2.04. The second kappa shape index (κ2) is 5.15. The van der Waals surface area contributed by atoms with E-state index in [1.54, 1.807) is 19.1 Å². The molecule has 0 fully saturated rings. The van der Waals surface area contributed by atoms with Gasteiger partial charge in [0.25, 0.3) is 10.0 Å². The fourth-order valence-electron chi connectivity index (χ4n) is 1.69. The average Bonchev–Trinajstić information content (AvgIpc) is 2.89. The van der Waals surface area contributed by atoms with E-state index in [0.29, 0.717) is 21.8 Å². The second-order valence-corrected chi connectivity index (χ2v) is 7.30. The highest BCUT2D eigenvalue weighted by Gasteiger charge is 2.18. The van der Waals surface area contributed by atoms with Crippen molar-refractivity contribution in [2.45, 2.75) is 18.1 Å². The monoisotopic (exact) mass is 307 g/mol. The molecule has 2 aromatic rings. The van der Waals surface area contributed by atoms with Crippen LogP contribution in [0.2, 0.25) is 0 Å². The maximum Gasteiger partial charge on any atom is 0.271 e. The van der Waals surface area contributed by atoms with Crippen LogP contribution in [0.1, 0.15) is 16.0 Å². The molecular formula is C13H13N3O2S2. The molecule has 7 heteroatoms. The van der Waals surface area contributed by atoms with E-state index in [0.717, 1.165) is 16.9 Å². The molecule has 2 rings (SSSR count). The Morgan fingerprint density at radius 3 is 2.55 bits per heavy atom. The van der Waals surface area contributed by atoms with Gasteiger partial charge in [0.2, 0.25) is 0 Å². The summed E-state index contributed by atoms with van der Waals surface area (Å²) in [5.74, 6) is 0. The molecular weight excluding hydrogens is 294 g/mol. The van der Waals surface area contributed by atoms with E-state index in [4.69, 9.17) is 11.0 Å². The van der Waals surface area contributed by atoms with Gasteiger partial charge >= 0.3 is 0 Å². The molecule has 0 aliphatic carbocycles. The quantitative estimate of drug-likeness (QED) is 0.852. The largest absolute Gasteiger partial charge is 0.398 e. The molecule has 104 valence electrons. The lowest BCUT2D eigenvalue weighted by Gasteiger charge is -2.12. The molecule has 0 bridgehead atoms. The summed E-state index contributed by atoms with van der Waals surface area (Å²) in [7, 11) is -3.69. The maximum atomic E-state index is 12.2. The zero-order valence-electron chi connectivity index (χ0n) is 11.0. The highest BCUT2D eigenvalue weighted by molar-refractivity contribution is 7.94. The number of rotatable bonds is 3. The summed E-state index contributed by atoms with van der Waals surface area (Å²) in [6.07, 6.45) is 0. The number of nitrogens with zero attached hydrogens (tertiary/aromatic N) is 1. The van der Waals surface area contributed by atoms with Crippen LogP contribution in [0.3, 0.4) is 0 Å². The molecule has 1 aromatic carbocycles. The summed E-state index contributed by atoms with van der Waals surface area (Å²) in [5.41, 5.74) is 8.48. The van der Waals surface area contributed by atoms with Crippen molar-refractivity contribution in [3.8, 4) is 6.07 Å². The fraction of sp³-hybridized carbons (Fsp3) is 0.154. The van der Waals surface area contributed by atoms with Crippen molar-refractivity contribution in [1.82, 2.24) is 0 Å². The average molecular weight is 307 g/mol. The Balaban J connectivity index is 2.39. The lowest BCUT2D eigenvalue weighted by Crippen LogP contribution is -2.13. The predicted octanol–water partition coefficient (Wildman–Crippen LogP) is 2.62. The van der Waals surface area contributed by atoms with Crippen molar-refractivity contribution in [3.63, 3.8) is 0 Å². The fourth-order valence-corrected chi connectivity index (χ4v) is 3.92. The van der Waals surface area contributed by atoms with Gasteiger partial charge in [-0.3, -0.25) is 4.72 Å². The normalized spacial score (nSPS) is 11.1. The molecule has 0 aliphatic heterocycles. The zero-order valence-corrected chi connectivity index (χ0v) is 12.6. The van der Waals surface area contributed by atoms with Crippen molar-refractivity contribution >= 4 is 32.7 Å². The summed E-state index contributed by atoms with van der Waals surface area (Å²) in [4.78, 5) is 0.352. The van der Waals surface area contributed by atoms with Crippen LogP contribution in [0.5, 0.6) is 0 Å². The highest BCUT2D eigenvalue weighted by Crippen LogP contribution is 2.28. The lowest BCUT2D eigenvalue weighted by atomic mass is 10.1. The molecule has 1 aromatic heterocycles. The third kappa shape index (κ3) is 2.61. The van der Waals surface area contributed by atoms with Gasteiger partial charge in [0.15, 0.2) is 0 Å². The number of nitrogen functional groups attached to an aromatic ring is 1. The molecule has 0 aliphatic rings. The molecule has 1 heterocycles. The van der Waals surface area contributed by atoms with Crippen molar-refractivity contribution in [1.29, 1.82) is 5.26 Å². The van der Waals surface area contributed by atoms with E-state index in [9.17, 15) is 8.42 Å². The Labute approximate surface area is 121 Å². The van der Waals surface area contributed by atoms with Gasteiger partial charge in [-0.2, -0.15) is 5.26 Å². The first-order valence-electron chi connectivity index (χ1n) is 5.73. The van der Waals surface area contributed by atoms with Gasteiger partial charge in [0.1, 0.15) is 15.2 Å². The van der Waals surface area contributed by atoms with E-state index in [1.807, 2.05) is 13.0 Å². The zero-order chi connectivity index (χ0) is 14.9. The number of benzene rings is 1. The van der Waals surface area contributed by atoms with Crippen molar-refractivity contribution in [3.05, 3.63) is 40.3 Å². The second-order valence-electron chi connectivity index (χ2n) is 4.30. The summed E-state index contributed by atoms with van der Waals surface area (Å²) >= 11 is 0.929. The minimum absolute atomic E-state index is 0.104. The van der Waals surface area contributed by atoms with E-state index in [-0.39, 0.29) is 4.21 Å². The number of nitrogens with one attached hydrogen (secondary N) is 1. The van der Waals surface area contributed by atoms with Crippen molar-refractivity contribution in [2.24, 2.45) is 0 Å². The van der Waals surface area contributed by atoms with Crippen LogP contribution < -0.4 is 10.5 Å². The smallest absolute Gasteiger partial charge is 0.271 e. The van der Waals surface area contributed by atoms with Crippen LogP contribution in [0.25, 0.3) is 0 Å². The third-order valence-electron chi connectivity index (χ3n) is 2.93. The molecule has 0 amide bonds. The van der Waals surface area contributed by atoms with Gasteiger partial charge in [-0.1, -0.05) is 6.07 Å². The van der Waals surface area contributed by atoms with Gasteiger partial charge in [-0.25, -0.2) is 8.42 Å². The Morgan fingerprint density at radius 1 is 1.25 bits per heavy atom. The SMILES string of the molecule is Cc1ccc(NS(=O)(=O)c2ccc(C#N)s2)c(C)c1N. The molecule has 0 unspecified atom stereocenters. The first-order valence-corrected chi connectivity index (χ1v) is 8.03. The van der Waals surface area contributed by atoms with E-state index < -0.39 is 10.0 Å². The molecule has 3 N–H and O–H groups in total. The number of hydrogen-bond donors (Lipinski definition) is 2. The number of sulfonamides is 1. The number of hydrogen-bond acceptors (Lipinski definition) is 5. The van der Waals surface area contributed by atoms with Crippen LogP contribution in [0.15, 0.2) is 28.5 Å².